The minimum absolute atomic E-state index is 0.744. The van der Waals surface area contributed by atoms with Gasteiger partial charge in [0.1, 0.15) is 0 Å². The second kappa shape index (κ2) is 15.7. The highest BCUT2D eigenvalue weighted by Crippen LogP contribution is 2.69. The molecule has 0 spiro atoms. The molecule has 0 bridgehead atoms. The van der Waals surface area contributed by atoms with E-state index in [9.17, 15) is 0 Å². The average Bonchev–Trinajstić information content (AvgIpc) is 3.03. The van der Waals surface area contributed by atoms with Crippen LogP contribution >= 0.6 is 7.26 Å². The molecule has 2 heteroatoms. The summed E-state index contributed by atoms with van der Waals surface area (Å²) in [6, 6.07) is 39.5. The summed E-state index contributed by atoms with van der Waals surface area (Å²) in [7, 11) is -1.01. The minimum Gasteiger partial charge on any atom is -0.311 e. The van der Waals surface area contributed by atoms with Crippen molar-refractivity contribution >= 4 is 36.5 Å². The zero-order valence-electron chi connectivity index (χ0n) is 25.7. The van der Waals surface area contributed by atoms with Crippen molar-refractivity contribution in [2.24, 2.45) is 0 Å². The third kappa shape index (κ3) is 8.43. The average molecular weight is 563 g/mol. The second-order valence-corrected chi connectivity index (χ2v) is 16.0. The van der Waals surface area contributed by atoms with Gasteiger partial charge < -0.3 is 4.90 Å². The molecule has 0 aliphatic heterocycles. The fourth-order valence-electron chi connectivity index (χ4n) is 5.93. The van der Waals surface area contributed by atoms with Gasteiger partial charge in [0.05, 0.1) is 18.0 Å². The lowest BCUT2D eigenvalue weighted by molar-refractivity contribution is 0.746. The van der Waals surface area contributed by atoms with Crippen LogP contribution in [0.2, 0.25) is 0 Å². The lowest BCUT2D eigenvalue weighted by Crippen LogP contribution is -2.13. The summed E-state index contributed by atoms with van der Waals surface area (Å²) in [4.78, 5) is 2.30. The Bertz CT molecular complexity index is 1260. The van der Waals surface area contributed by atoms with E-state index in [1.54, 1.807) is 5.56 Å². The summed E-state index contributed by atoms with van der Waals surface area (Å²) in [6.07, 6.45) is 15.3. The van der Waals surface area contributed by atoms with Crippen molar-refractivity contribution in [1.29, 1.82) is 0 Å². The van der Waals surface area contributed by atoms with Crippen LogP contribution in [0.4, 0.5) is 17.1 Å². The van der Waals surface area contributed by atoms with Gasteiger partial charge in [-0.3, -0.25) is 0 Å². The van der Waals surface area contributed by atoms with Crippen LogP contribution in [0.5, 0.6) is 0 Å². The lowest BCUT2D eigenvalue weighted by atomic mass is 10.0. The van der Waals surface area contributed by atoms with E-state index < -0.39 is 7.26 Å². The standard InChI is InChI=1S/C39H49NP/c1-5-8-31-41(4,32-9-6-2)39(16-7-3)35-27-23-33(24-28-35)21-22-34-25-29-38(30-26-34)40(36-17-12-10-13-18-36)37-19-14-11-15-20-37/h10-15,17-30,39H,5-9,16,31-32H2,1-4H3/q+1. The van der Waals surface area contributed by atoms with Crippen molar-refractivity contribution in [3.63, 3.8) is 0 Å². The fraction of sp³-hybridized carbons (Fsp3) is 0.333. The summed E-state index contributed by atoms with van der Waals surface area (Å²) < 4.78 is 0. The Kier molecular flexibility index (Phi) is 11.8. The quantitative estimate of drug-likeness (QED) is 0.103. The largest absolute Gasteiger partial charge is 0.311 e. The van der Waals surface area contributed by atoms with E-state index in [2.05, 4.69) is 154 Å². The summed E-state index contributed by atoms with van der Waals surface area (Å²) >= 11 is 0. The summed E-state index contributed by atoms with van der Waals surface area (Å²) in [6.45, 7) is 9.72. The van der Waals surface area contributed by atoms with Gasteiger partial charge >= 0.3 is 0 Å². The molecule has 0 amide bonds. The molecule has 0 aliphatic carbocycles. The third-order valence-electron chi connectivity index (χ3n) is 8.33. The van der Waals surface area contributed by atoms with Gasteiger partial charge in [-0.2, -0.15) is 0 Å². The number of hydrogen-bond acceptors (Lipinski definition) is 1. The molecule has 4 aromatic carbocycles. The third-order valence-corrected chi connectivity index (χ3v) is 13.1. The van der Waals surface area contributed by atoms with E-state index >= 15 is 0 Å². The summed E-state index contributed by atoms with van der Waals surface area (Å²) in [5.74, 6) is 0. The van der Waals surface area contributed by atoms with Crippen molar-refractivity contribution in [3.8, 4) is 0 Å². The van der Waals surface area contributed by atoms with E-state index in [-0.39, 0.29) is 0 Å². The molecule has 0 N–H and O–H groups in total. The molecule has 1 atom stereocenters. The van der Waals surface area contributed by atoms with Crippen LogP contribution in [0.15, 0.2) is 109 Å². The Morgan fingerprint density at radius 2 is 1.00 bits per heavy atom. The molecule has 1 nitrogen and oxygen atoms in total. The van der Waals surface area contributed by atoms with Gasteiger partial charge in [0.25, 0.3) is 0 Å². The molecule has 0 saturated carbocycles. The Morgan fingerprint density at radius 1 is 0.561 bits per heavy atom. The van der Waals surface area contributed by atoms with Crippen molar-refractivity contribution < 1.29 is 0 Å². The molecule has 0 radical (unpaired) electrons. The highest BCUT2D eigenvalue weighted by molar-refractivity contribution is 7.75. The molecule has 0 heterocycles. The molecule has 0 saturated heterocycles. The molecule has 4 aromatic rings. The Balaban J connectivity index is 1.51. The second-order valence-electron chi connectivity index (χ2n) is 11.5. The van der Waals surface area contributed by atoms with E-state index in [1.165, 1.54) is 62.0 Å². The van der Waals surface area contributed by atoms with Crippen molar-refractivity contribution in [2.45, 2.75) is 65.0 Å². The van der Waals surface area contributed by atoms with Crippen molar-refractivity contribution in [1.82, 2.24) is 0 Å². The number of unbranched alkanes of at least 4 members (excludes halogenated alkanes) is 2. The molecule has 41 heavy (non-hydrogen) atoms. The van der Waals surface area contributed by atoms with Gasteiger partial charge in [0.15, 0.2) is 0 Å². The maximum Gasteiger partial charge on any atom is 0.0942 e. The van der Waals surface area contributed by atoms with Crippen molar-refractivity contribution in [2.75, 3.05) is 23.9 Å². The van der Waals surface area contributed by atoms with Crippen LogP contribution in [0.3, 0.4) is 0 Å². The van der Waals surface area contributed by atoms with Gasteiger partial charge in [0, 0.05) is 31.0 Å². The molecule has 4 rings (SSSR count). The number of para-hydroxylation sites is 2. The van der Waals surface area contributed by atoms with Crippen LogP contribution in [0.25, 0.3) is 12.2 Å². The maximum atomic E-state index is 2.67. The molecular formula is C39H49NP+. The topological polar surface area (TPSA) is 3.24 Å². The Morgan fingerprint density at radius 3 is 1.44 bits per heavy atom. The SMILES string of the molecule is CCCC[P+](C)(CCCC)C(CCC)c1ccc(C=Cc2ccc(N(c3ccccc3)c3ccccc3)cc2)cc1. The number of benzene rings is 4. The van der Waals surface area contributed by atoms with Crippen LogP contribution < -0.4 is 4.90 Å². The van der Waals surface area contributed by atoms with E-state index in [0.717, 1.165) is 22.7 Å². The molecular weight excluding hydrogens is 513 g/mol. The lowest BCUT2D eigenvalue weighted by Gasteiger charge is -2.32. The smallest absolute Gasteiger partial charge is 0.0942 e. The first-order chi connectivity index (χ1) is 20.1. The Hall–Kier alpha value is -3.15. The van der Waals surface area contributed by atoms with Crippen LogP contribution in [-0.2, 0) is 0 Å². The summed E-state index contributed by atoms with van der Waals surface area (Å²) in [5.41, 5.74) is 8.26. The van der Waals surface area contributed by atoms with E-state index in [4.69, 9.17) is 0 Å². The molecule has 0 aromatic heterocycles. The maximum absolute atomic E-state index is 2.67. The van der Waals surface area contributed by atoms with Gasteiger partial charge in [-0.05, 0) is 72.4 Å². The fourth-order valence-corrected chi connectivity index (χ4v) is 10.6. The molecule has 0 fully saturated rings. The zero-order valence-corrected chi connectivity index (χ0v) is 26.6. The highest BCUT2D eigenvalue weighted by Gasteiger charge is 2.40. The van der Waals surface area contributed by atoms with Gasteiger partial charge in [-0.1, -0.05) is 125 Å². The van der Waals surface area contributed by atoms with Gasteiger partial charge in [-0.15, -0.1) is 0 Å². The number of anilines is 3. The number of hydrogen-bond donors (Lipinski definition) is 0. The number of nitrogens with zero attached hydrogens (tertiary/aromatic N) is 1. The van der Waals surface area contributed by atoms with Crippen LogP contribution in [0, 0.1) is 0 Å². The molecule has 0 aliphatic rings. The van der Waals surface area contributed by atoms with E-state index in [1.807, 2.05) is 0 Å². The van der Waals surface area contributed by atoms with E-state index in [0.29, 0.717) is 0 Å². The zero-order chi connectivity index (χ0) is 28.9. The van der Waals surface area contributed by atoms with Gasteiger partial charge in [0.2, 0.25) is 0 Å². The first kappa shape index (κ1) is 30.8. The predicted octanol–water partition coefficient (Wildman–Crippen LogP) is 12.4. The van der Waals surface area contributed by atoms with Crippen LogP contribution in [-0.4, -0.2) is 19.0 Å². The van der Waals surface area contributed by atoms with Crippen LogP contribution in [0.1, 0.15) is 81.6 Å². The molecule has 1 unspecified atom stereocenters. The molecule has 214 valence electrons. The van der Waals surface area contributed by atoms with Crippen molar-refractivity contribution in [3.05, 3.63) is 126 Å². The predicted molar refractivity (Wildman–Crippen MR) is 187 cm³/mol. The monoisotopic (exact) mass is 562 g/mol. The summed E-state index contributed by atoms with van der Waals surface area (Å²) in [5, 5.41) is 0. The Labute approximate surface area is 250 Å². The van der Waals surface area contributed by atoms with Gasteiger partial charge in [-0.25, -0.2) is 0 Å². The number of rotatable bonds is 15. The highest BCUT2D eigenvalue weighted by atomic mass is 31.2. The first-order valence-corrected chi connectivity index (χ1v) is 18.4. The normalized spacial score (nSPS) is 12.5. The first-order valence-electron chi connectivity index (χ1n) is 15.7. The minimum atomic E-state index is -1.01.